The molecule has 0 spiro atoms. The Hall–Kier alpha value is -4.01. The van der Waals surface area contributed by atoms with Crippen LogP contribution in [0.1, 0.15) is 23.6 Å². The molecule has 1 aliphatic rings. The van der Waals surface area contributed by atoms with E-state index in [4.69, 9.17) is 19.2 Å². The average Bonchev–Trinajstić information content (AvgIpc) is 2.82. The molecule has 0 aliphatic carbocycles. The van der Waals surface area contributed by atoms with Gasteiger partial charge in [0, 0.05) is 16.7 Å². The van der Waals surface area contributed by atoms with Gasteiger partial charge in [-0.25, -0.2) is 0 Å². The first-order chi connectivity index (χ1) is 15.2. The molecule has 0 unspecified atom stereocenters. The molecule has 160 valence electrons. The zero-order valence-electron chi connectivity index (χ0n) is 17.6. The van der Waals surface area contributed by atoms with Gasteiger partial charge in [-0.3, -0.25) is 0 Å². The number of benzene rings is 2. The summed E-state index contributed by atoms with van der Waals surface area (Å²) in [6.07, 6.45) is 1.61. The van der Waals surface area contributed by atoms with Gasteiger partial charge in [-0.05, 0) is 12.1 Å². The summed E-state index contributed by atoms with van der Waals surface area (Å²) in [6.45, 7) is 2.57. The molecule has 2 aromatic rings. The number of rotatable bonds is 8. The molecule has 0 saturated carbocycles. The second-order valence-electron chi connectivity index (χ2n) is 6.21. The van der Waals surface area contributed by atoms with Gasteiger partial charge < -0.3 is 19.2 Å². The van der Waals surface area contributed by atoms with Gasteiger partial charge in [-0.2, -0.15) is 10.2 Å². The zero-order valence-corrected chi connectivity index (χ0v) is 17.6. The van der Waals surface area contributed by atoms with Gasteiger partial charge in [0.05, 0.1) is 11.9 Å². The first-order valence-electron chi connectivity index (χ1n) is 9.53. The van der Waals surface area contributed by atoms with Crippen LogP contribution in [0.15, 0.2) is 80.3 Å². The van der Waals surface area contributed by atoms with Crippen molar-refractivity contribution in [2.45, 2.75) is 6.92 Å². The predicted molar refractivity (Wildman–Crippen MR) is 120 cm³/mol. The lowest BCUT2D eigenvalue weighted by Crippen LogP contribution is -2.26. The highest BCUT2D eigenvalue weighted by atomic mass is 16.7. The first kappa shape index (κ1) is 21.7. The highest BCUT2D eigenvalue weighted by Crippen LogP contribution is 2.13. The fraction of sp³-hybridized carbons (Fsp3) is 0.227. The standard InChI is InChI=1S/C22H23N5O4/c1-16(20(25-28-2)17-9-5-4-6-10-17)24-23-15-18-11-7-8-12-19(18)21(26-29-3)22-27-31-14-13-30-22/h4-12,15H,13-14H2,1-3H3. The maximum atomic E-state index is 5.56. The molecule has 31 heavy (non-hydrogen) atoms. The first-order valence-corrected chi connectivity index (χ1v) is 9.53. The molecule has 0 fully saturated rings. The Labute approximate surface area is 180 Å². The molecule has 0 aromatic heterocycles. The lowest BCUT2D eigenvalue weighted by molar-refractivity contribution is 0.0672. The fourth-order valence-electron chi connectivity index (χ4n) is 2.78. The summed E-state index contributed by atoms with van der Waals surface area (Å²) in [5, 5.41) is 20.6. The zero-order chi connectivity index (χ0) is 21.9. The largest absolute Gasteiger partial charge is 0.470 e. The van der Waals surface area contributed by atoms with Crippen LogP contribution in [0.2, 0.25) is 0 Å². The van der Waals surface area contributed by atoms with Crippen LogP contribution in [-0.4, -0.2) is 56.7 Å². The molecule has 0 atom stereocenters. The fourth-order valence-corrected chi connectivity index (χ4v) is 2.78. The molecule has 9 heteroatoms. The monoisotopic (exact) mass is 421 g/mol. The Morgan fingerprint density at radius 3 is 2.42 bits per heavy atom. The molecule has 0 amide bonds. The summed E-state index contributed by atoms with van der Waals surface area (Å²) >= 11 is 0. The third kappa shape index (κ3) is 5.75. The van der Waals surface area contributed by atoms with Crippen LogP contribution in [0, 0.1) is 0 Å². The number of hydrogen-bond donors (Lipinski definition) is 0. The summed E-state index contributed by atoms with van der Waals surface area (Å²) < 4.78 is 5.56. The summed E-state index contributed by atoms with van der Waals surface area (Å²) in [5.74, 6) is 0.243. The van der Waals surface area contributed by atoms with Crippen molar-refractivity contribution in [3.63, 3.8) is 0 Å². The van der Waals surface area contributed by atoms with E-state index in [0.717, 1.165) is 11.1 Å². The van der Waals surface area contributed by atoms with E-state index >= 15 is 0 Å². The van der Waals surface area contributed by atoms with Crippen LogP contribution in [0.25, 0.3) is 0 Å². The third-order valence-electron chi connectivity index (χ3n) is 4.14. The number of ether oxygens (including phenoxy) is 1. The average molecular weight is 421 g/mol. The van der Waals surface area contributed by atoms with E-state index in [1.54, 1.807) is 6.21 Å². The highest BCUT2D eigenvalue weighted by Gasteiger charge is 2.20. The van der Waals surface area contributed by atoms with E-state index in [1.807, 2.05) is 61.5 Å². The molecule has 0 radical (unpaired) electrons. The van der Waals surface area contributed by atoms with Crippen molar-refractivity contribution < 1.29 is 19.2 Å². The van der Waals surface area contributed by atoms with E-state index in [0.29, 0.717) is 35.9 Å². The Bertz CT molecular complexity index is 1030. The van der Waals surface area contributed by atoms with Crippen LogP contribution in [-0.2, 0) is 19.2 Å². The maximum Gasteiger partial charge on any atom is 0.280 e. The Balaban J connectivity index is 1.90. The molecule has 1 aliphatic heterocycles. The van der Waals surface area contributed by atoms with E-state index in [1.165, 1.54) is 14.2 Å². The summed E-state index contributed by atoms with van der Waals surface area (Å²) in [6, 6.07) is 17.1. The number of hydrogen-bond acceptors (Lipinski definition) is 9. The molecule has 0 bridgehead atoms. The van der Waals surface area contributed by atoms with Crippen molar-refractivity contribution in [2.24, 2.45) is 25.7 Å². The van der Waals surface area contributed by atoms with E-state index in [9.17, 15) is 0 Å². The van der Waals surface area contributed by atoms with Crippen LogP contribution in [0.5, 0.6) is 0 Å². The highest BCUT2D eigenvalue weighted by molar-refractivity contribution is 6.47. The second kappa shape index (κ2) is 11.2. The van der Waals surface area contributed by atoms with Gasteiger partial charge in [-0.15, -0.1) is 0 Å². The molecular formula is C22H23N5O4. The van der Waals surface area contributed by atoms with Crippen molar-refractivity contribution in [3.8, 4) is 0 Å². The van der Waals surface area contributed by atoms with Gasteiger partial charge >= 0.3 is 0 Å². The molecule has 2 aromatic carbocycles. The van der Waals surface area contributed by atoms with Gasteiger partial charge in [0.15, 0.2) is 12.3 Å². The van der Waals surface area contributed by atoms with Crippen molar-refractivity contribution in [1.29, 1.82) is 0 Å². The second-order valence-corrected chi connectivity index (χ2v) is 6.21. The minimum Gasteiger partial charge on any atom is -0.470 e. The SMILES string of the molecule is CON=C(C(C)=NN=Cc1ccccc1C(=NOC)C1=NOCCO1)c1ccccc1. The van der Waals surface area contributed by atoms with Crippen LogP contribution in [0.4, 0.5) is 0 Å². The molecule has 9 nitrogen and oxygen atoms in total. The minimum absolute atomic E-state index is 0.243. The smallest absolute Gasteiger partial charge is 0.280 e. The van der Waals surface area contributed by atoms with E-state index in [2.05, 4.69) is 25.7 Å². The number of oxime groups is 3. The van der Waals surface area contributed by atoms with Crippen molar-refractivity contribution in [2.75, 3.05) is 27.4 Å². The molecule has 0 saturated heterocycles. The van der Waals surface area contributed by atoms with E-state index in [-0.39, 0.29) is 5.90 Å². The Morgan fingerprint density at radius 2 is 1.71 bits per heavy atom. The van der Waals surface area contributed by atoms with Gasteiger partial charge in [0.1, 0.15) is 26.5 Å². The van der Waals surface area contributed by atoms with Gasteiger partial charge in [-0.1, -0.05) is 64.9 Å². The van der Waals surface area contributed by atoms with Crippen LogP contribution < -0.4 is 0 Å². The lowest BCUT2D eigenvalue weighted by Gasteiger charge is -2.15. The maximum absolute atomic E-state index is 5.56. The third-order valence-corrected chi connectivity index (χ3v) is 4.14. The van der Waals surface area contributed by atoms with Crippen LogP contribution in [0.3, 0.4) is 0 Å². The van der Waals surface area contributed by atoms with Crippen molar-refractivity contribution in [1.82, 2.24) is 0 Å². The van der Waals surface area contributed by atoms with Crippen LogP contribution >= 0.6 is 0 Å². The van der Waals surface area contributed by atoms with Crippen molar-refractivity contribution in [3.05, 3.63) is 71.3 Å². The molecule has 3 rings (SSSR count). The topological polar surface area (TPSA) is 98.7 Å². The molecule has 1 heterocycles. The number of nitrogens with zero attached hydrogens (tertiary/aromatic N) is 5. The lowest BCUT2D eigenvalue weighted by atomic mass is 10.0. The van der Waals surface area contributed by atoms with Gasteiger partial charge in [0.25, 0.3) is 5.90 Å². The quantitative estimate of drug-likeness (QED) is 0.483. The molecule has 0 N–H and O–H groups in total. The predicted octanol–water partition coefficient (Wildman–Crippen LogP) is 3.24. The normalized spacial score (nSPS) is 15.2. The van der Waals surface area contributed by atoms with E-state index < -0.39 is 0 Å². The van der Waals surface area contributed by atoms with Gasteiger partial charge in [0.2, 0.25) is 0 Å². The summed E-state index contributed by atoms with van der Waals surface area (Å²) in [4.78, 5) is 15.1. The van der Waals surface area contributed by atoms with Crippen molar-refractivity contribution >= 4 is 29.2 Å². The minimum atomic E-state index is 0.243. The summed E-state index contributed by atoms with van der Waals surface area (Å²) in [7, 11) is 2.95. The summed E-state index contributed by atoms with van der Waals surface area (Å²) in [5.41, 5.74) is 3.92. The Kier molecular flexibility index (Phi) is 7.87. The Morgan fingerprint density at radius 1 is 0.968 bits per heavy atom. The molecular weight excluding hydrogens is 398 g/mol.